The minimum atomic E-state index is -0.463. The molecule has 1 heterocycles. The molecule has 0 aliphatic carbocycles. The summed E-state index contributed by atoms with van der Waals surface area (Å²) in [5, 5.41) is 22.8. The van der Waals surface area contributed by atoms with Gasteiger partial charge >= 0.3 is 0 Å². The maximum atomic E-state index is 10.9. The summed E-state index contributed by atoms with van der Waals surface area (Å²) in [5.74, 6) is 0. The Morgan fingerprint density at radius 3 is 2.52 bits per heavy atom. The molecule has 152 valence electrons. The van der Waals surface area contributed by atoms with Gasteiger partial charge in [0.1, 0.15) is 0 Å². The molecule has 0 radical (unpaired) electrons. The molecule has 0 N–H and O–H groups in total. The number of allylic oxidation sites excluding steroid dienone is 1. The van der Waals surface area contributed by atoms with Crippen molar-refractivity contribution in [1.29, 1.82) is 5.26 Å². The molecule has 0 spiro atoms. The van der Waals surface area contributed by atoms with Crippen LogP contribution in [0, 0.1) is 21.4 Å². The number of nitro benzene ring substituents is 1. The van der Waals surface area contributed by atoms with Crippen molar-refractivity contribution in [3.8, 4) is 6.07 Å². The Kier molecular flexibility index (Phi) is 5.77. The van der Waals surface area contributed by atoms with Crippen molar-refractivity contribution in [3.63, 3.8) is 0 Å². The van der Waals surface area contributed by atoms with E-state index in [9.17, 15) is 15.4 Å². The fraction of sp³-hybridized carbons (Fsp3) is 0.0417. The van der Waals surface area contributed by atoms with Crippen molar-refractivity contribution in [2.24, 2.45) is 0 Å². The number of para-hydroxylation sites is 1. The van der Waals surface area contributed by atoms with E-state index in [1.54, 1.807) is 30.3 Å². The van der Waals surface area contributed by atoms with Crippen LogP contribution in [0.3, 0.4) is 0 Å². The smallest absolute Gasteiger partial charge is 0.269 e. The van der Waals surface area contributed by atoms with Gasteiger partial charge in [0.2, 0.25) is 0 Å². The monoisotopic (exact) mass is 447 g/mol. The Labute approximate surface area is 188 Å². The number of aromatic nitrogens is 1. The number of hydrogen-bond acceptors (Lipinski definition) is 3. The molecule has 0 bridgehead atoms. The standard InChI is InChI=1S/C24H15Cl2N3O2/c25-20-8-5-17(23(26)12-20)14-28-15-19(22-3-1-2-4-24(22)28)11-18(13-27)16-6-9-21(10-7-16)29(30)31/h1-12,15H,14H2. The molecule has 0 amide bonds. The van der Waals surface area contributed by atoms with Gasteiger partial charge in [0.05, 0.1) is 16.6 Å². The van der Waals surface area contributed by atoms with E-state index in [1.165, 1.54) is 12.1 Å². The summed E-state index contributed by atoms with van der Waals surface area (Å²) in [6, 6.07) is 21.5. The molecule has 7 heteroatoms. The fourth-order valence-corrected chi connectivity index (χ4v) is 3.92. The van der Waals surface area contributed by atoms with Crippen LogP contribution in [0.5, 0.6) is 0 Å². The van der Waals surface area contributed by atoms with Gasteiger partial charge in [-0.15, -0.1) is 0 Å². The lowest BCUT2D eigenvalue weighted by molar-refractivity contribution is -0.384. The highest BCUT2D eigenvalue weighted by molar-refractivity contribution is 6.35. The average molecular weight is 448 g/mol. The predicted molar refractivity (Wildman–Crippen MR) is 124 cm³/mol. The van der Waals surface area contributed by atoms with E-state index < -0.39 is 4.92 Å². The molecule has 0 fully saturated rings. The number of benzene rings is 3. The van der Waals surface area contributed by atoms with E-state index in [1.807, 2.05) is 36.5 Å². The summed E-state index contributed by atoms with van der Waals surface area (Å²) in [6.07, 6.45) is 3.77. The van der Waals surface area contributed by atoms with Crippen LogP contribution >= 0.6 is 23.2 Å². The second kappa shape index (κ2) is 8.65. The largest absolute Gasteiger partial charge is 0.342 e. The minimum absolute atomic E-state index is 0.0162. The van der Waals surface area contributed by atoms with E-state index in [-0.39, 0.29) is 5.69 Å². The van der Waals surface area contributed by atoms with Crippen LogP contribution in [-0.2, 0) is 6.54 Å². The number of nitro groups is 1. The van der Waals surface area contributed by atoms with Gasteiger partial charge in [-0.1, -0.05) is 47.5 Å². The van der Waals surface area contributed by atoms with Crippen LogP contribution in [0.2, 0.25) is 10.0 Å². The summed E-state index contributed by atoms with van der Waals surface area (Å²) in [4.78, 5) is 10.4. The molecule has 1 aromatic heterocycles. The average Bonchev–Trinajstić information content (AvgIpc) is 3.11. The molecule has 0 aliphatic heterocycles. The Bertz CT molecular complexity index is 1370. The third kappa shape index (κ3) is 4.31. The summed E-state index contributed by atoms with van der Waals surface area (Å²) in [6.45, 7) is 0.545. The first-order valence-electron chi connectivity index (χ1n) is 9.34. The first-order chi connectivity index (χ1) is 15.0. The third-order valence-electron chi connectivity index (χ3n) is 4.98. The molecule has 0 saturated carbocycles. The number of non-ortho nitro benzene ring substituents is 1. The lowest BCUT2D eigenvalue weighted by atomic mass is 10.0. The zero-order chi connectivity index (χ0) is 22.0. The van der Waals surface area contributed by atoms with Crippen LogP contribution in [0.4, 0.5) is 5.69 Å². The first-order valence-corrected chi connectivity index (χ1v) is 10.1. The maximum absolute atomic E-state index is 10.9. The second-order valence-corrected chi connectivity index (χ2v) is 7.78. The first kappa shape index (κ1) is 20.7. The van der Waals surface area contributed by atoms with Crippen molar-refractivity contribution in [1.82, 2.24) is 4.57 Å². The van der Waals surface area contributed by atoms with E-state index in [0.29, 0.717) is 27.7 Å². The number of hydrogen-bond donors (Lipinski definition) is 0. The van der Waals surface area contributed by atoms with E-state index in [0.717, 1.165) is 22.0 Å². The van der Waals surface area contributed by atoms with Gasteiger partial charge in [0, 0.05) is 51.4 Å². The van der Waals surface area contributed by atoms with Crippen LogP contribution in [-0.4, -0.2) is 9.49 Å². The third-order valence-corrected chi connectivity index (χ3v) is 5.57. The molecule has 3 aromatic carbocycles. The van der Waals surface area contributed by atoms with Crippen LogP contribution in [0.1, 0.15) is 16.7 Å². The van der Waals surface area contributed by atoms with Gasteiger partial charge in [0.15, 0.2) is 0 Å². The van der Waals surface area contributed by atoms with E-state index in [4.69, 9.17) is 23.2 Å². The molecule has 0 saturated heterocycles. The van der Waals surface area contributed by atoms with Gasteiger partial charge in [0.25, 0.3) is 5.69 Å². The summed E-state index contributed by atoms with van der Waals surface area (Å²) < 4.78 is 2.07. The Morgan fingerprint density at radius 2 is 1.84 bits per heavy atom. The molecule has 4 aromatic rings. The topological polar surface area (TPSA) is 71.9 Å². The highest BCUT2D eigenvalue weighted by Crippen LogP contribution is 2.29. The van der Waals surface area contributed by atoms with Crippen molar-refractivity contribution >= 4 is 51.4 Å². The van der Waals surface area contributed by atoms with Gasteiger partial charge in [-0.25, -0.2) is 0 Å². The van der Waals surface area contributed by atoms with Crippen LogP contribution < -0.4 is 0 Å². The SMILES string of the molecule is N#CC(=Cc1cn(Cc2ccc(Cl)cc2Cl)c2ccccc12)c1ccc([N+](=O)[O-])cc1. The summed E-state index contributed by atoms with van der Waals surface area (Å²) in [7, 11) is 0. The number of nitrogens with zero attached hydrogens (tertiary/aromatic N) is 3. The quantitative estimate of drug-likeness (QED) is 0.188. The molecule has 0 aliphatic rings. The van der Waals surface area contributed by atoms with Gasteiger partial charge in [-0.2, -0.15) is 5.26 Å². The predicted octanol–water partition coefficient (Wildman–Crippen LogP) is 6.97. The molecular weight excluding hydrogens is 433 g/mol. The van der Waals surface area contributed by atoms with Crippen molar-refractivity contribution < 1.29 is 4.92 Å². The second-order valence-electron chi connectivity index (χ2n) is 6.94. The highest BCUT2D eigenvalue weighted by atomic mass is 35.5. The number of rotatable bonds is 5. The fourth-order valence-electron chi connectivity index (χ4n) is 3.45. The number of halogens is 2. The number of nitriles is 1. The molecule has 4 rings (SSSR count). The van der Waals surface area contributed by atoms with E-state index in [2.05, 4.69) is 10.6 Å². The lowest BCUT2D eigenvalue weighted by Crippen LogP contribution is -1.98. The maximum Gasteiger partial charge on any atom is 0.269 e. The normalized spacial score (nSPS) is 11.5. The van der Waals surface area contributed by atoms with Crippen LogP contribution in [0.25, 0.3) is 22.6 Å². The molecule has 0 atom stereocenters. The van der Waals surface area contributed by atoms with Crippen molar-refractivity contribution in [2.75, 3.05) is 0 Å². The zero-order valence-corrected chi connectivity index (χ0v) is 17.6. The Morgan fingerprint density at radius 1 is 1.10 bits per heavy atom. The Hall–Kier alpha value is -3.59. The summed E-state index contributed by atoms with van der Waals surface area (Å²) in [5.41, 5.74) is 3.82. The number of fused-ring (bicyclic) bond motifs is 1. The van der Waals surface area contributed by atoms with Crippen molar-refractivity contribution in [3.05, 3.63) is 110 Å². The minimum Gasteiger partial charge on any atom is -0.342 e. The molecule has 5 nitrogen and oxygen atoms in total. The van der Waals surface area contributed by atoms with Gasteiger partial charge in [-0.05, 0) is 47.5 Å². The van der Waals surface area contributed by atoms with Crippen LogP contribution in [0.15, 0.2) is 72.9 Å². The van der Waals surface area contributed by atoms with Gasteiger partial charge in [-0.3, -0.25) is 10.1 Å². The summed E-state index contributed by atoms with van der Waals surface area (Å²) >= 11 is 12.4. The molecule has 31 heavy (non-hydrogen) atoms. The molecular formula is C24H15Cl2N3O2. The van der Waals surface area contributed by atoms with Gasteiger partial charge < -0.3 is 4.57 Å². The lowest BCUT2D eigenvalue weighted by Gasteiger charge is -2.08. The van der Waals surface area contributed by atoms with E-state index >= 15 is 0 Å². The molecule has 0 unspecified atom stereocenters. The zero-order valence-electron chi connectivity index (χ0n) is 16.1. The Balaban J connectivity index is 1.77. The van der Waals surface area contributed by atoms with Crippen molar-refractivity contribution in [2.45, 2.75) is 6.54 Å². The highest BCUT2D eigenvalue weighted by Gasteiger charge is 2.12.